The van der Waals surface area contributed by atoms with Gasteiger partial charge in [-0.2, -0.15) is 9.57 Å². The molecule has 156 valence electrons. The SMILES string of the molecule is CC(=N)C(C#N)C(=O)COC(=O)CCc1ccc(S(=O)(=O)N2CCCCC2)cc1. The van der Waals surface area contributed by atoms with E-state index in [2.05, 4.69) is 0 Å². The summed E-state index contributed by atoms with van der Waals surface area (Å²) in [4.78, 5) is 23.8. The number of hydrogen-bond donors (Lipinski definition) is 1. The lowest BCUT2D eigenvalue weighted by molar-refractivity contribution is -0.148. The molecule has 0 aliphatic carbocycles. The number of esters is 1. The van der Waals surface area contributed by atoms with Gasteiger partial charge in [0.15, 0.2) is 12.4 Å². The van der Waals surface area contributed by atoms with Gasteiger partial charge >= 0.3 is 5.97 Å². The van der Waals surface area contributed by atoms with E-state index in [1.807, 2.05) is 0 Å². The van der Waals surface area contributed by atoms with Crippen LogP contribution in [0.2, 0.25) is 0 Å². The standard InChI is InChI=1S/C20H25N3O5S/c1-15(22)18(13-21)19(24)14-28-20(25)10-7-16-5-8-17(9-6-16)29(26,27)23-11-3-2-4-12-23/h5-6,8-9,18,22H,2-4,7,10-12,14H2,1H3. The average molecular weight is 420 g/mol. The summed E-state index contributed by atoms with van der Waals surface area (Å²) in [7, 11) is -3.49. The maximum atomic E-state index is 12.6. The highest BCUT2D eigenvalue weighted by atomic mass is 32.2. The van der Waals surface area contributed by atoms with Crippen LogP contribution in [-0.4, -0.2) is 49.9 Å². The number of benzene rings is 1. The van der Waals surface area contributed by atoms with Crippen LogP contribution in [-0.2, 0) is 30.8 Å². The Morgan fingerprint density at radius 2 is 1.83 bits per heavy atom. The number of carbonyl (C=O) groups is 2. The Morgan fingerprint density at radius 3 is 2.38 bits per heavy atom. The van der Waals surface area contributed by atoms with Crippen molar-refractivity contribution in [1.82, 2.24) is 4.31 Å². The van der Waals surface area contributed by atoms with Crippen molar-refractivity contribution in [1.29, 1.82) is 10.7 Å². The number of hydrogen-bond acceptors (Lipinski definition) is 7. The molecule has 0 spiro atoms. The first-order chi connectivity index (χ1) is 13.8. The van der Waals surface area contributed by atoms with Crippen molar-refractivity contribution in [3.63, 3.8) is 0 Å². The third kappa shape index (κ3) is 6.21. The first-order valence-electron chi connectivity index (χ1n) is 9.48. The molecular weight excluding hydrogens is 394 g/mol. The third-order valence-electron chi connectivity index (χ3n) is 4.75. The van der Waals surface area contributed by atoms with Gasteiger partial charge in [0.25, 0.3) is 0 Å². The number of nitrogens with one attached hydrogen (secondary N) is 1. The van der Waals surface area contributed by atoms with E-state index in [1.165, 1.54) is 11.2 Å². The fourth-order valence-corrected chi connectivity index (χ4v) is 4.56. The minimum absolute atomic E-state index is 0.0201. The molecule has 1 saturated heterocycles. The topological polar surface area (TPSA) is 128 Å². The van der Waals surface area contributed by atoms with Gasteiger partial charge in [-0.1, -0.05) is 18.6 Å². The Balaban J connectivity index is 1.85. The van der Waals surface area contributed by atoms with Gasteiger partial charge in [-0.15, -0.1) is 0 Å². The summed E-state index contributed by atoms with van der Waals surface area (Å²) in [5.74, 6) is -2.42. The van der Waals surface area contributed by atoms with Crippen LogP contribution in [0, 0.1) is 22.7 Å². The number of sulfonamides is 1. The minimum Gasteiger partial charge on any atom is -0.458 e. The van der Waals surface area contributed by atoms with Crippen molar-refractivity contribution in [2.24, 2.45) is 5.92 Å². The molecule has 1 aromatic carbocycles. The molecule has 0 aromatic heterocycles. The van der Waals surface area contributed by atoms with Gasteiger partial charge in [-0.05, 0) is 43.9 Å². The highest BCUT2D eigenvalue weighted by molar-refractivity contribution is 7.89. The predicted molar refractivity (Wildman–Crippen MR) is 106 cm³/mol. The zero-order valence-electron chi connectivity index (χ0n) is 16.4. The minimum atomic E-state index is -3.49. The number of Topliss-reactive ketones (excluding diaryl/α,β-unsaturated/α-hetero) is 1. The van der Waals surface area contributed by atoms with Crippen LogP contribution in [0.25, 0.3) is 0 Å². The van der Waals surface area contributed by atoms with E-state index in [-0.39, 0.29) is 17.0 Å². The van der Waals surface area contributed by atoms with E-state index in [4.69, 9.17) is 15.4 Å². The molecule has 8 nitrogen and oxygen atoms in total. The van der Waals surface area contributed by atoms with Gasteiger partial charge in [0.2, 0.25) is 10.0 Å². The molecule has 1 N–H and O–H groups in total. The molecule has 2 rings (SSSR count). The van der Waals surface area contributed by atoms with Crippen molar-refractivity contribution >= 4 is 27.5 Å². The van der Waals surface area contributed by atoms with Gasteiger partial charge in [0.1, 0.15) is 5.92 Å². The predicted octanol–water partition coefficient (Wildman–Crippen LogP) is 2.09. The summed E-state index contributed by atoms with van der Waals surface area (Å²) in [6.45, 7) is 1.89. The van der Waals surface area contributed by atoms with Crippen LogP contribution < -0.4 is 0 Å². The molecule has 29 heavy (non-hydrogen) atoms. The zero-order chi connectivity index (χ0) is 21.4. The summed E-state index contributed by atoms with van der Waals surface area (Å²) < 4.78 is 31.6. The largest absolute Gasteiger partial charge is 0.458 e. The quantitative estimate of drug-likeness (QED) is 0.482. The molecule has 1 heterocycles. The van der Waals surface area contributed by atoms with Gasteiger partial charge in [0.05, 0.1) is 11.0 Å². The number of nitrogens with zero attached hydrogens (tertiary/aromatic N) is 2. The maximum Gasteiger partial charge on any atom is 0.306 e. The van der Waals surface area contributed by atoms with Gasteiger partial charge < -0.3 is 10.1 Å². The Labute approximate surface area is 171 Å². The van der Waals surface area contributed by atoms with Crippen LogP contribution >= 0.6 is 0 Å². The van der Waals surface area contributed by atoms with Crippen molar-refractivity contribution in [2.45, 2.75) is 43.9 Å². The van der Waals surface area contributed by atoms with Crippen molar-refractivity contribution < 1.29 is 22.7 Å². The smallest absolute Gasteiger partial charge is 0.306 e. The molecule has 0 radical (unpaired) electrons. The van der Waals surface area contributed by atoms with Crippen LogP contribution in [0.5, 0.6) is 0 Å². The Hall–Kier alpha value is -2.57. The lowest BCUT2D eigenvalue weighted by Crippen LogP contribution is -2.35. The molecule has 1 unspecified atom stereocenters. The zero-order valence-corrected chi connectivity index (χ0v) is 17.2. The number of carbonyl (C=O) groups excluding carboxylic acids is 2. The molecule has 1 aromatic rings. The second kappa shape index (κ2) is 10.3. The average Bonchev–Trinajstić information content (AvgIpc) is 2.72. The fourth-order valence-electron chi connectivity index (χ4n) is 3.05. The summed E-state index contributed by atoms with van der Waals surface area (Å²) in [6.07, 6.45) is 3.15. The lowest BCUT2D eigenvalue weighted by Gasteiger charge is -2.25. The molecule has 9 heteroatoms. The van der Waals surface area contributed by atoms with Crippen molar-refractivity contribution in [2.75, 3.05) is 19.7 Å². The number of ketones is 1. The van der Waals surface area contributed by atoms with E-state index in [9.17, 15) is 18.0 Å². The molecule has 1 fully saturated rings. The maximum absolute atomic E-state index is 12.6. The fraction of sp³-hybridized carbons (Fsp3) is 0.500. The molecule has 1 atom stereocenters. The molecule has 0 saturated carbocycles. The normalized spacial score (nSPS) is 15.9. The second-order valence-electron chi connectivity index (χ2n) is 6.98. The van der Waals surface area contributed by atoms with E-state index < -0.39 is 34.3 Å². The molecular formula is C20H25N3O5S. The number of piperidine rings is 1. The van der Waals surface area contributed by atoms with Crippen LogP contribution in [0.3, 0.4) is 0 Å². The number of nitriles is 1. The summed E-state index contributed by atoms with van der Waals surface area (Å²) in [5, 5.41) is 16.2. The second-order valence-corrected chi connectivity index (χ2v) is 8.92. The number of rotatable bonds is 9. The Morgan fingerprint density at radius 1 is 1.21 bits per heavy atom. The monoisotopic (exact) mass is 419 g/mol. The summed E-state index contributed by atoms with van der Waals surface area (Å²) in [6, 6.07) is 8.12. The Bertz CT molecular complexity index is 897. The van der Waals surface area contributed by atoms with E-state index in [0.717, 1.165) is 24.8 Å². The van der Waals surface area contributed by atoms with Gasteiger partial charge in [-0.25, -0.2) is 8.42 Å². The van der Waals surface area contributed by atoms with Gasteiger partial charge in [0, 0.05) is 25.2 Å². The molecule has 0 amide bonds. The van der Waals surface area contributed by atoms with Crippen molar-refractivity contribution in [3.8, 4) is 6.07 Å². The third-order valence-corrected chi connectivity index (χ3v) is 6.67. The molecule has 0 bridgehead atoms. The molecule has 1 aliphatic rings. The highest BCUT2D eigenvalue weighted by Gasteiger charge is 2.25. The van der Waals surface area contributed by atoms with E-state index >= 15 is 0 Å². The van der Waals surface area contributed by atoms with Crippen LogP contribution in [0.4, 0.5) is 0 Å². The van der Waals surface area contributed by atoms with Crippen LogP contribution in [0.15, 0.2) is 29.2 Å². The van der Waals surface area contributed by atoms with Gasteiger partial charge in [-0.3, -0.25) is 9.59 Å². The lowest BCUT2D eigenvalue weighted by atomic mass is 10.0. The molecule has 1 aliphatic heterocycles. The van der Waals surface area contributed by atoms with E-state index in [1.54, 1.807) is 30.3 Å². The first-order valence-corrected chi connectivity index (χ1v) is 10.9. The Kier molecular flexibility index (Phi) is 8.05. The number of aryl methyl sites for hydroxylation is 1. The first kappa shape index (κ1) is 22.7. The van der Waals surface area contributed by atoms with Crippen LogP contribution in [0.1, 0.15) is 38.2 Å². The summed E-state index contributed by atoms with van der Waals surface area (Å²) in [5.41, 5.74) is 0.684. The number of ether oxygens (including phenoxy) is 1. The summed E-state index contributed by atoms with van der Waals surface area (Å²) >= 11 is 0. The van der Waals surface area contributed by atoms with E-state index in [0.29, 0.717) is 19.5 Å². The van der Waals surface area contributed by atoms with Crippen molar-refractivity contribution in [3.05, 3.63) is 29.8 Å². The highest BCUT2D eigenvalue weighted by Crippen LogP contribution is 2.21.